The van der Waals surface area contributed by atoms with E-state index in [0.29, 0.717) is 13.0 Å². The Morgan fingerprint density at radius 3 is 2.62 bits per heavy atom. The second-order valence-corrected chi connectivity index (χ2v) is 3.44. The van der Waals surface area contributed by atoms with Crippen molar-refractivity contribution in [1.29, 1.82) is 0 Å². The zero-order valence-corrected chi connectivity index (χ0v) is 7.78. The normalized spacial score (nSPS) is 32.8. The first-order valence-corrected chi connectivity index (χ1v) is 4.34. The van der Waals surface area contributed by atoms with Crippen molar-refractivity contribution >= 4 is 0 Å². The number of hydrogen-bond acceptors (Lipinski definition) is 3. The lowest BCUT2D eigenvalue weighted by molar-refractivity contribution is -0.174. The van der Waals surface area contributed by atoms with Gasteiger partial charge in [-0.05, 0) is 20.4 Å². The van der Waals surface area contributed by atoms with Crippen molar-refractivity contribution in [3.8, 4) is 0 Å². The molecule has 0 aromatic heterocycles. The third-order valence-corrected chi connectivity index (χ3v) is 2.43. The molecule has 1 aliphatic rings. The Morgan fingerprint density at radius 2 is 2.15 bits per heavy atom. The van der Waals surface area contributed by atoms with E-state index < -0.39 is 18.8 Å². The molecule has 0 unspecified atom stereocenters. The number of aliphatic hydroxyl groups excluding tert-OH is 1. The van der Waals surface area contributed by atoms with E-state index in [1.54, 1.807) is 14.0 Å². The number of alkyl halides is 2. The van der Waals surface area contributed by atoms with Gasteiger partial charge in [0.25, 0.3) is 0 Å². The molecule has 3 nitrogen and oxygen atoms in total. The Labute approximate surface area is 76.3 Å². The zero-order chi connectivity index (χ0) is 10.0. The first-order valence-electron chi connectivity index (χ1n) is 4.34. The topological polar surface area (TPSA) is 32.7 Å². The molecule has 1 aliphatic heterocycles. The van der Waals surface area contributed by atoms with Gasteiger partial charge in [0.15, 0.2) is 0 Å². The Kier molecular flexibility index (Phi) is 3.58. The Morgan fingerprint density at radius 1 is 1.54 bits per heavy atom. The van der Waals surface area contributed by atoms with Crippen LogP contribution in [-0.4, -0.2) is 48.5 Å². The molecule has 13 heavy (non-hydrogen) atoms. The van der Waals surface area contributed by atoms with Gasteiger partial charge in [-0.15, -0.1) is 0 Å². The summed E-state index contributed by atoms with van der Waals surface area (Å²) in [5.41, 5.74) is 0. The maximum absolute atomic E-state index is 11.9. The van der Waals surface area contributed by atoms with E-state index in [1.807, 2.05) is 4.90 Å². The van der Waals surface area contributed by atoms with Gasteiger partial charge in [-0.3, -0.25) is 4.90 Å². The maximum Gasteiger partial charge on any atom is 0.345 e. The molecule has 0 aromatic carbocycles. The van der Waals surface area contributed by atoms with E-state index in [2.05, 4.69) is 4.74 Å². The molecule has 0 radical (unpaired) electrons. The largest absolute Gasteiger partial charge is 0.392 e. The van der Waals surface area contributed by atoms with Gasteiger partial charge in [-0.1, -0.05) is 0 Å². The highest BCUT2D eigenvalue weighted by atomic mass is 19.3. The SMILES string of the molecule is C[C@H](O)[C@@H]1[C@@H](OC(F)F)CCN1C. The molecule has 0 aliphatic carbocycles. The fraction of sp³-hybridized carbons (Fsp3) is 1.00. The molecule has 1 N–H and O–H groups in total. The number of rotatable bonds is 3. The highest BCUT2D eigenvalue weighted by molar-refractivity contribution is 4.89. The lowest BCUT2D eigenvalue weighted by Gasteiger charge is -2.27. The minimum Gasteiger partial charge on any atom is -0.392 e. The smallest absolute Gasteiger partial charge is 0.345 e. The van der Waals surface area contributed by atoms with Crippen LogP contribution in [0.5, 0.6) is 0 Å². The lowest BCUT2D eigenvalue weighted by atomic mass is 10.1. The predicted octanol–water partition coefficient (Wildman–Crippen LogP) is 0.679. The van der Waals surface area contributed by atoms with Crippen LogP contribution in [0.3, 0.4) is 0 Å². The molecule has 0 amide bonds. The second-order valence-electron chi connectivity index (χ2n) is 3.44. The standard InChI is InChI=1S/C8H15F2NO2/c1-5(12)7-6(13-8(9)10)3-4-11(7)2/h5-8,12H,3-4H2,1-2H3/t5-,6-,7+/m0/s1. The highest BCUT2D eigenvalue weighted by Crippen LogP contribution is 2.23. The van der Waals surface area contributed by atoms with Crippen LogP contribution in [-0.2, 0) is 4.74 Å². The van der Waals surface area contributed by atoms with Gasteiger partial charge in [0.1, 0.15) is 0 Å². The van der Waals surface area contributed by atoms with Crippen molar-refractivity contribution in [2.75, 3.05) is 13.6 Å². The van der Waals surface area contributed by atoms with Crippen molar-refractivity contribution in [3.05, 3.63) is 0 Å². The Hall–Kier alpha value is -0.260. The van der Waals surface area contributed by atoms with E-state index in [9.17, 15) is 13.9 Å². The van der Waals surface area contributed by atoms with E-state index in [4.69, 9.17) is 0 Å². The van der Waals surface area contributed by atoms with Crippen molar-refractivity contribution in [2.24, 2.45) is 0 Å². The van der Waals surface area contributed by atoms with Crippen LogP contribution in [0.15, 0.2) is 0 Å². The number of likely N-dealkylation sites (tertiary alicyclic amines) is 1. The third kappa shape index (κ3) is 2.59. The van der Waals surface area contributed by atoms with Crippen LogP contribution in [0.2, 0.25) is 0 Å². The van der Waals surface area contributed by atoms with Gasteiger partial charge in [-0.2, -0.15) is 8.78 Å². The van der Waals surface area contributed by atoms with Crippen molar-refractivity contribution in [2.45, 2.75) is 38.2 Å². The summed E-state index contributed by atoms with van der Waals surface area (Å²) in [5, 5.41) is 9.34. The predicted molar refractivity (Wildman–Crippen MR) is 43.6 cm³/mol. The number of likely N-dealkylation sites (N-methyl/N-ethyl adjacent to an activating group) is 1. The van der Waals surface area contributed by atoms with Gasteiger partial charge >= 0.3 is 6.61 Å². The average Bonchev–Trinajstić information content (AvgIpc) is 2.30. The van der Waals surface area contributed by atoms with Crippen LogP contribution in [0.4, 0.5) is 8.78 Å². The fourth-order valence-electron chi connectivity index (χ4n) is 1.89. The minimum atomic E-state index is -2.75. The van der Waals surface area contributed by atoms with Gasteiger partial charge in [-0.25, -0.2) is 0 Å². The molecule has 0 spiro atoms. The molecule has 1 heterocycles. The van der Waals surface area contributed by atoms with E-state index in [1.165, 1.54) is 0 Å². The zero-order valence-electron chi connectivity index (χ0n) is 7.78. The van der Waals surface area contributed by atoms with Crippen molar-refractivity contribution in [1.82, 2.24) is 4.90 Å². The molecular formula is C8H15F2NO2. The van der Waals surface area contributed by atoms with Gasteiger partial charge < -0.3 is 9.84 Å². The van der Waals surface area contributed by atoms with Crippen molar-refractivity contribution in [3.63, 3.8) is 0 Å². The van der Waals surface area contributed by atoms with Gasteiger partial charge in [0.05, 0.1) is 18.2 Å². The fourth-order valence-corrected chi connectivity index (χ4v) is 1.89. The lowest BCUT2D eigenvalue weighted by Crippen LogP contribution is -2.42. The highest BCUT2D eigenvalue weighted by Gasteiger charge is 2.37. The van der Waals surface area contributed by atoms with E-state index >= 15 is 0 Å². The van der Waals surface area contributed by atoms with Crippen LogP contribution in [0.1, 0.15) is 13.3 Å². The Bertz CT molecular complexity index is 166. The minimum absolute atomic E-state index is 0.311. The first-order chi connectivity index (χ1) is 6.02. The van der Waals surface area contributed by atoms with Crippen LogP contribution >= 0.6 is 0 Å². The molecular weight excluding hydrogens is 180 g/mol. The summed E-state index contributed by atoms with van der Waals surface area (Å²) >= 11 is 0. The summed E-state index contributed by atoms with van der Waals surface area (Å²) in [4.78, 5) is 1.84. The Balaban J connectivity index is 2.54. The summed E-state index contributed by atoms with van der Waals surface area (Å²) in [6, 6.07) is -0.311. The summed E-state index contributed by atoms with van der Waals surface area (Å²) in [5.74, 6) is 0. The molecule has 0 aromatic rings. The summed E-state index contributed by atoms with van der Waals surface area (Å²) in [7, 11) is 1.80. The number of halogens is 2. The summed E-state index contributed by atoms with van der Waals surface area (Å²) in [6.07, 6.45) is -0.641. The molecule has 0 saturated carbocycles. The third-order valence-electron chi connectivity index (χ3n) is 2.43. The molecule has 1 rings (SSSR count). The van der Waals surface area contributed by atoms with Crippen molar-refractivity contribution < 1.29 is 18.6 Å². The molecule has 0 bridgehead atoms. The average molecular weight is 195 g/mol. The summed E-state index contributed by atoms with van der Waals surface area (Å²) in [6.45, 7) is -0.473. The number of aliphatic hydroxyl groups is 1. The first kappa shape index (κ1) is 10.8. The second kappa shape index (κ2) is 4.30. The number of hydrogen-bond donors (Lipinski definition) is 1. The number of ether oxygens (including phenoxy) is 1. The quantitative estimate of drug-likeness (QED) is 0.718. The van der Waals surface area contributed by atoms with Crippen LogP contribution in [0.25, 0.3) is 0 Å². The van der Waals surface area contributed by atoms with Gasteiger partial charge in [0, 0.05) is 6.54 Å². The molecule has 1 fully saturated rings. The van der Waals surface area contributed by atoms with Crippen LogP contribution in [0, 0.1) is 0 Å². The van der Waals surface area contributed by atoms with E-state index in [0.717, 1.165) is 0 Å². The number of nitrogens with zero attached hydrogens (tertiary/aromatic N) is 1. The monoisotopic (exact) mass is 195 g/mol. The molecule has 1 saturated heterocycles. The summed E-state index contributed by atoms with van der Waals surface area (Å²) < 4.78 is 28.3. The molecule has 3 atom stereocenters. The maximum atomic E-state index is 11.9. The molecule has 5 heteroatoms. The van der Waals surface area contributed by atoms with Gasteiger partial charge in [0.2, 0.25) is 0 Å². The van der Waals surface area contributed by atoms with Crippen LogP contribution < -0.4 is 0 Å². The molecule has 78 valence electrons. The van der Waals surface area contributed by atoms with E-state index in [-0.39, 0.29) is 6.04 Å².